The number of aryl methyl sites for hydroxylation is 1. The number of fused-ring (bicyclic) bond motifs is 1. The van der Waals surface area contributed by atoms with E-state index in [2.05, 4.69) is 13.0 Å². The fraction of sp³-hybridized carbons (Fsp3) is 0.500. The van der Waals surface area contributed by atoms with E-state index in [1.165, 1.54) is 5.57 Å². The van der Waals surface area contributed by atoms with E-state index in [-0.39, 0.29) is 5.76 Å². The maximum absolute atomic E-state index is 11.2. The predicted octanol–water partition coefficient (Wildman–Crippen LogP) is 1.72. The first-order valence-electron chi connectivity index (χ1n) is 4.60. The van der Waals surface area contributed by atoms with Gasteiger partial charge in [0.2, 0.25) is 0 Å². The van der Waals surface area contributed by atoms with Crippen LogP contribution in [0.4, 0.5) is 0 Å². The van der Waals surface area contributed by atoms with Gasteiger partial charge in [0.05, 0.1) is 5.69 Å². The molecule has 0 radical (unpaired) electrons. The molecule has 3 nitrogen and oxygen atoms in total. The highest BCUT2D eigenvalue weighted by Crippen LogP contribution is 2.24. The molecular formula is C10H13NO2. The lowest BCUT2D eigenvalue weighted by atomic mass is 9.99. The minimum absolute atomic E-state index is 0.251. The molecule has 0 bridgehead atoms. The Balaban J connectivity index is 2.56. The van der Waals surface area contributed by atoms with Gasteiger partial charge in [0, 0.05) is 13.5 Å². The van der Waals surface area contributed by atoms with Crippen molar-refractivity contribution in [3.8, 4) is 0 Å². The maximum Gasteiger partial charge on any atom is 0.419 e. The molecule has 0 amide bonds. The zero-order chi connectivity index (χ0) is 9.42. The van der Waals surface area contributed by atoms with E-state index >= 15 is 0 Å². The van der Waals surface area contributed by atoms with Crippen molar-refractivity contribution in [2.75, 3.05) is 0 Å². The van der Waals surface area contributed by atoms with E-state index in [0.717, 1.165) is 30.7 Å². The molecule has 0 aliphatic heterocycles. The Morgan fingerprint density at radius 1 is 1.54 bits per heavy atom. The molecule has 0 saturated heterocycles. The van der Waals surface area contributed by atoms with Crippen molar-refractivity contribution < 1.29 is 4.42 Å². The third kappa shape index (κ3) is 1.24. The Bertz CT molecular complexity index is 409. The van der Waals surface area contributed by atoms with Crippen LogP contribution in [0.15, 0.2) is 14.8 Å². The molecule has 1 aliphatic rings. The van der Waals surface area contributed by atoms with Gasteiger partial charge in [0.15, 0.2) is 0 Å². The molecular weight excluding hydrogens is 166 g/mol. The highest BCUT2D eigenvalue weighted by molar-refractivity contribution is 5.53. The van der Waals surface area contributed by atoms with E-state index in [4.69, 9.17) is 4.42 Å². The first kappa shape index (κ1) is 8.35. The summed E-state index contributed by atoms with van der Waals surface area (Å²) in [5, 5.41) is 0. The lowest BCUT2D eigenvalue weighted by Crippen LogP contribution is -2.10. The first-order valence-corrected chi connectivity index (χ1v) is 4.60. The lowest BCUT2D eigenvalue weighted by molar-refractivity contribution is 0.454. The van der Waals surface area contributed by atoms with Crippen LogP contribution >= 0.6 is 0 Å². The number of nitrogens with zero attached hydrogens (tertiary/aromatic N) is 1. The SMILES string of the molecule is CCC1=Cc2c(oc(=O)n2C)CC1. The van der Waals surface area contributed by atoms with Gasteiger partial charge in [-0.25, -0.2) is 4.79 Å². The fourth-order valence-corrected chi connectivity index (χ4v) is 1.69. The first-order chi connectivity index (χ1) is 6.22. The minimum atomic E-state index is -0.251. The van der Waals surface area contributed by atoms with Gasteiger partial charge < -0.3 is 4.42 Å². The highest BCUT2D eigenvalue weighted by atomic mass is 16.4. The smallest absolute Gasteiger partial charge is 0.412 e. The van der Waals surface area contributed by atoms with E-state index < -0.39 is 0 Å². The molecule has 13 heavy (non-hydrogen) atoms. The molecule has 1 heterocycles. The van der Waals surface area contributed by atoms with Crippen molar-refractivity contribution in [2.45, 2.75) is 26.2 Å². The van der Waals surface area contributed by atoms with Crippen LogP contribution in [-0.4, -0.2) is 4.57 Å². The summed E-state index contributed by atoms with van der Waals surface area (Å²) in [5.74, 6) is 0.586. The number of allylic oxidation sites excluding steroid dienone is 1. The zero-order valence-corrected chi connectivity index (χ0v) is 7.96. The minimum Gasteiger partial charge on any atom is -0.412 e. The number of hydrogen-bond donors (Lipinski definition) is 0. The largest absolute Gasteiger partial charge is 0.419 e. The molecule has 0 atom stereocenters. The predicted molar refractivity (Wildman–Crippen MR) is 50.5 cm³/mol. The van der Waals surface area contributed by atoms with Crippen molar-refractivity contribution in [3.63, 3.8) is 0 Å². The molecule has 2 rings (SSSR count). The van der Waals surface area contributed by atoms with Gasteiger partial charge in [-0.2, -0.15) is 0 Å². The van der Waals surface area contributed by atoms with Crippen molar-refractivity contribution in [2.24, 2.45) is 7.05 Å². The van der Waals surface area contributed by atoms with Crippen LogP contribution in [0.3, 0.4) is 0 Å². The van der Waals surface area contributed by atoms with Crippen LogP contribution in [0.1, 0.15) is 31.2 Å². The Labute approximate surface area is 76.7 Å². The van der Waals surface area contributed by atoms with Crippen LogP contribution in [0, 0.1) is 0 Å². The summed E-state index contributed by atoms with van der Waals surface area (Å²) >= 11 is 0. The second kappa shape index (κ2) is 2.91. The second-order valence-electron chi connectivity index (χ2n) is 3.39. The van der Waals surface area contributed by atoms with Crippen LogP contribution in [0.25, 0.3) is 6.08 Å². The third-order valence-corrected chi connectivity index (χ3v) is 2.60. The Kier molecular flexibility index (Phi) is 1.87. The summed E-state index contributed by atoms with van der Waals surface area (Å²) in [6, 6.07) is 0. The molecule has 0 spiro atoms. The van der Waals surface area contributed by atoms with Crippen LogP contribution in [-0.2, 0) is 13.5 Å². The summed E-state index contributed by atoms with van der Waals surface area (Å²) in [4.78, 5) is 11.2. The monoisotopic (exact) mass is 179 g/mol. The van der Waals surface area contributed by atoms with E-state index in [1.54, 1.807) is 11.6 Å². The van der Waals surface area contributed by atoms with Gasteiger partial charge in [0.1, 0.15) is 5.76 Å². The van der Waals surface area contributed by atoms with Crippen LogP contribution in [0.2, 0.25) is 0 Å². The number of hydrogen-bond acceptors (Lipinski definition) is 2. The van der Waals surface area contributed by atoms with Crippen LogP contribution < -0.4 is 5.76 Å². The molecule has 1 aromatic rings. The topological polar surface area (TPSA) is 35.1 Å². The molecule has 1 aromatic heterocycles. The van der Waals surface area contributed by atoms with Gasteiger partial charge in [-0.15, -0.1) is 0 Å². The zero-order valence-electron chi connectivity index (χ0n) is 7.96. The summed E-state index contributed by atoms with van der Waals surface area (Å²) in [5.41, 5.74) is 2.34. The average molecular weight is 179 g/mol. The standard InChI is InChI=1S/C10H13NO2/c1-3-7-4-5-9-8(6-7)11(2)10(12)13-9/h6H,3-5H2,1-2H3. The second-order valence-corrected chi connectivity index (χ2v) is 3.39. The lowest BCUT2D eigenvalue weighted by Gasteiger charge is -2.10. The maximum atomic E-state index is 11.2. The quantitative estimate of drug-likeness (QED) is 0.658. The summed E-state index contributed by atoms with van der Waals surface area (Å²) < 4.78 is 6.67. The van der Waals surface area contributed by atoms with Crippen molar-refractivity contribution >= 4 is 6.08 Å². The van der Waals surface area contributed by atoms with Gasteiger partial charge in [-0.1, -0.05) is 12.5 Å². The molecule has 0 N–H and O–H groups in total. The summed E-state index contributed by atoms with van der Waals surface area (Å²) in [7, 11) is 1.75. The van der Waals surface area contributed by atoms with Crippen molar-refractivity contribution in [1.29, 1.82) is 0 Å². The van der Waals surface area contributed by atoms with Crippen molar-refractivity contribution in [3.05, 3.63) is 27.6 Å². The Hall–Kier alpha value is -1.25. The van der Waals surface area contributed by atoms with Crippen LogP contribution in [0.5, 0.6) is 0 Å². The highest BCUT2D eigenvalue weighted by Gasteiger charge is 2.16. The molecule has 70 valence electrons. The Morgan fingerprint density at radius 2 is 2.31 bits per heavy atom. The Morgan fingerprint density at radius 3 is 3.00 bits per heavy atom. The van der Waals surface area contributed by atoms with E-state index in [9.17, 15) is 4.79 Å². The molecule has 0 aromatic carbocycles. The normalized spacial score (nSPS) is 15.4. The van der Waals surface area contributed by atoms with Gasteiger partial charge in [-0.05, 0) is 18.9 Å². The van der Waals surface area contributed by atoms with Gasteiger partial charge in [0.25, 0.3) is 0 Å². The molecule has 0 fully saturated rings. The molecule has 0 unspecified atom stereocenters. The molecule has 0 saturated carbocycles. The van der Waals surface area contributed by atoms with Gasteiger partial charge >= 0.3 is 5.76 Å². The average Bonchev–Trinajstić information content (AvgIpc) is 2.43. The van der Waals surface area contributed by atoms with E-state index in [1.807, 2.05) is 0 Å². The molecule has 3 heteroatoms. The summed E-state index contributed by atoms with van der Waals surface area (Å²) in [6.07, 6.45) is 5.02. The van der Waals surface area contributed by atoms with Gasteiger partial charge in [-0.3, -0.25) is 4.57 Å². The number of rotatable bonds is 1. The fourth-order valence-electron chi connectivity index (χ4n) is 1.69. The number of aromatic nitrogens is 1. The summed E-state index contributed by atoms with van der Waals surface area (Å²) in [6.45, 7) is 2.13. The van der Waals surface area contributed by atoms with Crippen molar-refractivity contribution in [1.82, 2.24) is 4.57 Å². The number of oxazole rings is 1. The molecule has 1 aliphatic carbocycles. The third-order valence-electron chi connectivity index (χ3n) is 2.60. The van der Waals surface area contributed by atoms with E-state index in [0.29, 0.717) is 0 Å².